The number of carbonyl (C=O) groups is 1. The molecule has 0 spiro atoms. The van der Waals surface area contributed by atoms with Gasteiger partial charge in [0.25, 0.3) is 0 Å². The molecule has 6 heteroatoms. The SMILES string of the molecule is Cc1cc([C@@H](C)NC(=O)N2CCO[C@@H](c3cccc(O)c3)C2)c(C)o1. The van der Waals surface area contributed by atoms with E-state index >= 15 is 0 Å². The van der Waals surface area contributed by atoms with Gasteiger partial charge in [0.15, 0.2) is 0 Å². The van der Waals surface area contributed by atoms with Gasteiger partial charge in [-0.25, -0.2) is 4.79 Å². The van der Waals surface area contributed by atoms with Gasteiger partial charge in [0.2, 0.25) is 0 Å². The molecule has 0 saturated carbocycles. The maximum absolute atomic E-state index is 12.6. The largest absolute Gasteiger partial charge is 0.508 e. The van der Waals surface area contributed by atoms with Crippen LogP contribution in [-0.2, 0) is 4.74 Å². The minimum Gasteiger partial charge on any atom is -0.508 e. The van der Waals surface area contributed by atoms with Gasteiger partial charge >= 0.3 is 6.03 Å². The molecule has 2 amide bonds. The van der Waals surface area contributed by atoms with Crippen molar-refractivity contribution in [2.45, 2.75) is 32.9 Å². The number of benzene rings is 1. The van der Waals surface area contributed by atoms with Crippen LogP contribution in [0.25, 0.3) is 0 Å². The molecule has 1 aromatic carbocycles. The summed E-state index contributed by atoms with van der Waals surface area (Å²) < 4.78 is 11.3. The van der Waals surface area contributed by atoms with Crippen molar-refractivity contribution in [3.8, 4) is 5.75 Å². The van der Waals surface area contributed by atoms with Gasteiger partial charge in [-0.3, -0.25) is 0 Å². The van der Waals surface area contributed by atoms with Gasteiger partial charge in [0.1, 0.15) is 23.4 Å². The van der Waals surface area contributed by atoms with Crippen LogP contribution in [0.1, 0.15) is 41.7 Å². The maximum atomic E-state index is 12.6. The van der Waals surface area contributed by atoms with E-state index in [-0.39, 0.29) is 23.9 Å². The van der Waals surface area contributed by atoms with E-state index in [9.17, 15) is 9.90 Å². The Morgan fingerprint density at radius 3 is 2.84 bits per heavy atom. The third-order valence-corrected chi connectivity index (χ3v) is 4.48. The van der Waals surface area contributed by atoms with Gasteiger partial charge in [-0.05, 0) is 44.5 Å². The average molecular weight is 344 g/mol. The predicted octanol–water partition coefficient (Wildman–Crippen LogP) is 3.45. The second kappa shape index (κ2) is 7.19. The van der Waals surface area contributed by atoms with E-state index in [4.69, 9.17) is 9.15 Å². The van der Waals surface area contributed by atoms with Crippen LogP contribution in [0.2, 0.25) is 0 Å². The number of amides is 2. The van der Waals surface area contributed by atoms with Crippen molar-refractivity contribution in [2.75, 3.05) is 19.7 Å². The summed E-state index contributed by atoms with van der Waals surface area (Å²) in [5.74, 6) is 1.86. The number of carbonyl (C=O) groups excluding carboxylic acids is 1. The van der Waals surface area contributed by atoms with Crippen LogP contribution in [0.4, 0.5) is 4.79 Å². The Kier molecular flexibility index (Phi) is 4.99. The molecule has 134 valence electrons. The average Bonchev–Trinajstić information content (AvgIpc) is 2.93. The molecular formula is C19H24N2O4. The number of ether oxygens (including phenoxy) is 1. The molecule has 0 aliphatic carbocycles. The van der Waals surface area contributed by atoms with Crippen LogP contribution in [0.15, 0.2) is 34.7 Å². The first-order chi connectivity index (χ1) is 11.9. The second-order valence-electron chi connectivity index (χ2n) is 6.44. The second-order valence-corrected chi connectivity index (χ2v) is 6.44. The van der Waals surface area contributed by atoms with Crippen LogP contribution in [0.5, 0.6) is 5.75 Å². The van der Waals surface area contributed by atoms with Crippen molar-refractivity contribution in [1.29, 1.82) is 0 Å². The van der Waals surface area contributed by atoms with Crippen LogP contribution in [-0.4, -0.2) is 35.7 Å². The highest BCUT2D eigenvalue weighted by Gasteiger charge is 2.27. The quantitative estimate of drug-likeness (QED) is 0.894. The molecule has 0 unspecified atom stereocenters. The highest BCUT2D eigenvalue weighted by atomic mass is 16.5. The summed E-state index contributed by atoms with van der Waals surface area (Å²) in [7, 11) is 0. The lowest BCUT2D eigenvalue weighted by Crippen LogP contribution is -2.47. The van der Waals surface area contributed by atoms with Gasteiger partial charge in [-0.15, -0.1) is 0 Å². The molecule has 1 aromatic heterocycles. The van der Waals surface area contributed by atoms with Gasteiger partial charge in [-0.2, -0.15) is 0 Å². The summed E-state index contributed by atoms with van der Waals surface area (Å²) in [6.45, 7) is 7.20. The summed E-state index contributed by atoms with van der Waals surface area (Å²) in [5.41, 5.74) is 1.86. The van der Waals surface area contributed by atoms with Crippen molar-refractivity contribution in [1.82, 2.24) is 10.2 Å². The number of rotatable bonds is 3. The molecule has 3 rings (SSSR count). The minimum absolute atomic E-state index is 0.126. The monoisotopic (exact) mass is 344 g/mol. The smallest absolute Gasteiger partial charge is 0.318 e. The Balaban J connectivity index is 1.65. The van der Waals surface area contributed by atoms with Gasteiger partial charge in [0, 0.05) is 12.1 Å². The Morgan fingerprint density at radius 2 is 2.16 bits per heavy atom. The number of hydrogen-bond acceptors (Lipinski definition) is 4. The lowest BCUT2D eigenvalue weighted by molar-refractivity contribution is -0.0158. The number of nitrogens with one attached hydrogen (secondary N) is 1. The number of morpholine rings is 1. The van der Waals surface area contributed by atoms with Crippen molar-refractivity contribution >= 4 is 6.03 Å². The summed E-state index contributed by atoms with van der Waals surface area (Å²) in [6, 6.07) is 8.66. The summed E-state index contributed by atoms with van der Waals surface area (Å²) in [5, 5.41) is 12.7. The molecule has 25 heavy (non-hydrogen) atoms. The maximum Gasteiger partial charge on any atom is 0.318 e. The normalized spacial score (nSPS) is 18.8. The molecule has 1 aliphatic heterocycles. The van der Waals surface area contributed by atoms with Crippen molar-refractivity contribution in [2.24, 2.45) is 0 Å². The van der Waals surface area contributed by atoms with Crippen molar-refractivity contribution < 1.29 is 19.1 Å². The molecule has 2 atom stereocenters. The van der Waals surface area contributed by atoms with Gasteiger partial charge in [0.05, 0.1) is 19.2 Å². The van der Waals surface area contributed by atoms with E-state index in [1.165, 1.54) is 0 Å². The molecular weight excluding hydrogens is 320 g/mol. The standard InChI is InChI=1S/C19H24N2O4/c1-12-9-17(14(3)25-12)13(2)20-19(23)21-7-8-24-18(11-21)15-5-4-6-16(22)10-15/h4-6,9-10,13,18,22H,7-8,11H2,1-3H3,(H,20,23)/t13-,18-/m1/s1. The Morgan fingerprint density at radius 1 is 1.36 bits per heavy atom. The van der Waals surface area contributed by atoms with Gasteiger partial charge < -0.3 is 24.5 Å². The zero-order chi connectivity index (χ0) is 18.0. The zero-order valence-corrected chi connectivity index (χ0v) is 14.8. The van der Waals surface area contributed by atoms with Crippen molar-refractivity contribution in [3.05, 3.63) is 53.0 Å². The first-order valence-corrected chi connectivity index (χ1v) is 8.47. The van der Waals surface area contributed by atoms with E-state index in [0.29, 0.717) is 19.7 Å². The molecule has 1 aliphatic rings. The first kappa shape index (κ1) is 17.4. The Bertz CT molecular complexity index is 756. The fraction of sp³-hybridized carbons (Fsp3) is 0.421. The molecule has 1 saturated heterocycles. The number of phenolic OH excluding ortho intramolecular Hbond substituents is 1. The van der Waals surface area contributed by atoms with Crippen LogP contribution in [0, 0.1) is 13.8 Å². The molecule has 2 N–H and O–H groups in total. The molecule has 6 nitrogen and oxygen atoms in total. The van der Waals surface area contributed by atoms with Gasteiger partial charge in [-0.1, -0.05) is 12.1 Å². The number of furan rings is 1. The topological polar surface area (TPSA) is 74.9 Å². The number of phenols is 1. The number of urea groups is 1. The Labute approximate surface area is 147 Å². The first-order valence-electron chi connectivity index (χ1n) is 8.47. The fourth-order valence-corrected chi connectivity index (χ4v) is 3.20. The number of hydrogen-bond donors (Lipinski definition) is 2. The van der Waals surface area contributed by atoms with E-state index in [1.807, 2.05) is 32.9 Å². The van der Waals surface area contributed by atoms with E-state index < -0.39 is 0 Å². The zero-order valence-electron chi connectivity index (χ0n) is 14.8. The third kappa shape index (κ3) is 3.96. The summed E-state index contributed by atoms with van der Waals surface area (Å²) in [4.78, 5) is 14.4. The molecule has 0 bridgehead atoms. The molecule has 0 radical (unpaired) electrons. The van der Waals surface area contributed by atoms with E-state index in [0.717, 1.165) is 22.6 Å². The minimum atomic E-state index is -0.236. The Hall–Kier alpha value is -2.47. The van der Waals surface area contributed by atoms with E-state index in [2.05, 4.69) is 5.32 Å². The summed E-state index contributed by atoms with van der Waals surface area (Å²) in [6.07, 6.45) is -0.236. The van der Waals surface area contributed by atoms with Crippen LogP contribution < -0.4 is 5.32 Å². The van der Waals surface area contributed by atoms with Crippen molar-refractivity contribution in [3.63, 3.8) is 0 Å². The number of nitrogens with zero attached hydrogens (tertiary/aromatic N) is 1. The molecule has 1 fully saturated rings. The lowest BCUT2D eigenvalue weighted by Gasteiger charge is -2.34. The summed E-state index contributed by atoms with van der Waals surface area (Å²) >= 11 is 0. The van der Waals surface area contributed by atoms with Crippen LogP contribution >= 0.6 is 0 Å². The van der Waals surface area contributed by atoms with Crippen LogP contribution in [0.3, 0.4) is 0 Å². The number of aromatic hydroxyl groups is 1. The third-order valence-electron chi connectivity index (χ3n) is 4.48. The number of aryl methyl sites for hydroxylation is 2. The van der Waals surface area contributed by atoms with E-state index in [1.54, 1.807) is 23.1 Å². The highest BCUT2D eigenvalue weighted by Crippen LogP contribution is 2.26. The molecule has 2 aromatic rings. The highest BCUT2D eigenvalue weighted by molar-refractivity contribution is 5.75. The lowest BCUT2D eigenvalue weighted by atomic mass is 10.1. The fourth-order valence-electron chi connectivity index (χ4n) is 3.20. The predicted molar refractivity (Wildman–Crippen MR) is 93.5 cm³/mol. The molecule has 2 heterocycles.